The summed E-state index contributed by atoms with van der Waals surface area (Å²) in [4.78, 5) is 32.3. The smallest absolute Gasteiger partial charge is 0.338 e. The van der Waals surface area contributed by atoms with Crippen molar-refractivity contribution >= 4 is 68.6 Å². The van der Waals surface area contributed by atoms with Crippen LogP contribution in [0.4, 0.5) is 0 Å². The van der Waals surface area contributed by atoms with E-state index in [-0.39, 0.29) is 12.2 Å². The Bertz CT molecular complexity index is 1880. The van der Waals surface area contributed by atoms with Crippen molar-refractivity contribution in [3.63, 3.8) is 0 Å². The summed E-state index contributed by atoms with van der Waals surface area (Å²) < 4.78 is 21.7. The summed E-state index contributed by atoms with van der Waals surface area (Å²) in [6, 6.07) is 19.2. The fourth-order valence-electron chi connectivity index (χ4n) is 4.82. The average Bonchev–Trinajstić information content (AvgIpc) is 3.27. The lowest BCUT2D eigenvalue weighted by molar-refractivity contribution is -0.139. The molecule has 43 heavy (non-hydrogen) atoms. The van der Waals surface area contributed by atoms with Crippen LogP contribution in [0, 0.1) is 14.1 Å². The predicted octanol–water partition coefficient (Wildman–Crippen LogP) is 6.29. The van der Waals surface area contributed by atoms with Gasteiger partial charge >= 0.3 is 5.97 Å². The van der Waals surface area contributed by atoms with Crippen LogP contribution in [0.2, 0.25) is 0 Å². The molecule has 0 saturated heterocycles. The number of aryl methyl sites for hydroxylation is 1. The van der Waals surface area contributed by atoms with Gasteiger partial charge in [-0.3, -0.25) is 9.36 Å². The van der Waals surface area contributed by atoms with Gasteiger partial charge in [0.05, 0.1) is 38.6 Å². The van der Waals surface area contributed by atoms with Gasteiger partial charge in [-0.2, -0.15) is 0 Å². The molecule has 1 aliphatic rings. The van der Waals surface area contributed by atoms with Crippen LogP contribution in [0.3, 0.4) is 0 Å². The van der Waals surface area contributed by atoms with Crippen LogP contribution in [-0.4, -0.2) is 23.8 Å². The van der Waals surface area contributed by atoms with Gasteiger partial charge in [0.1, 0.15) is 6.61 Å². The van der Waals surface area contributed by atoms with Gasteiger partial charge in [0, 0.05) is 3.57 Å². The van der Waals surface area contributed by atoms with E-state index >= 15 is 0 Å². The predicted molar refractivity (Wildman–Crippen MR) is 185 cm³/mol. The quantitative estimate of drug-likeness (QED) is 0.147. The molecule has 1 aliphatic heterocycles. The molecule has 2 heterocycles. The Labute approximate surface area is 281 Å². The van der Waals surface area contributed by atoms with Crippen molar-refractivity contribution in [1.29, 1.82) is 0 Å². The fourth-order valence-corrected chi connectivity index (χ4v) is 7.00. The number of carbonyl (C=O) groups is 1. The van der Waals surface area contributed by atoms with Gasteiger partial charge in [-0.15, -0.1) is 0 Å². The Kier molecular flexibility index (Phi) is 10.1. The molecular weight excluding hydrogens is 790 g/mol. The van der Waals surface area contributed by atoms with Crippen molar-refractivity contribution in [2.45, 2.75) is 40.3 Å². The van der Waals surface area contributed by atoms with Crippen LogP contribution in [0.25, 0.3) is 6.08 Å². The minimum Gasteiger partial charge on any atom is -0.490 e. The first-order chi connectivity index (χ1) is 20.7. The number of allylic oxidation sites excluding steroid dienone is 1. The maximum atomic E-state index is 14.0. The van der Waals surface area contributed by atoms with Gasteiger partial charge in [0.2, 0.25) is 0 Å². The first kappa shape index (κ1) is 31.5. The van der Waals surface area contributed by atoms with E-state index in [0.29, 0.717) is 45.3 Å². The molecule has 10 heteroatoms. The van der Waals surface area contributed by atoms with E-state index in [0.717, 1.165) is 29.4 Å². The molecule has 222 valence electrons. The summed E-state index contributed by atoms with van der Waals surface area (Å²) in [5.74, 6) is 0.797. The van der Waals surface area contributed by atoms with Gasteiger partial charge in [-0.25, -0.2) is 9.79 Å². The van der Waals surface area contributed by atoms with Crippen molar-refractivity contribution < 1.29 is 19.0 Å². The normalized spacial score (nSPS) is 14.7. The molecule has 0 spiro atoms. The number of hydrogen-bond donors (Lipinski definition) is 0. The Hall–Kier alpha value is -2.97. The van der Waals surface area contributed by atoms with Crippen LogP contribution in [0.15, 0.2) is 81.7 Å². The van der Waals surface area contributed by atoms with E-state index in [4.69, 9.17) is 14.2 Å². The van der Waals surface area contributed by atoms with E-state index in [9.17, 15) is 9.59 Å². The Morgan fingerprint density at radius 1 is 1.00 bits per heavy atom. The lowest BCUT2D eigenvalue weighted by atomic mass is 9.95. The van der Waals surface area contributed by atoms with Crippen LogP contribution < -0.4 is 24.4 Å². The van der Waals surface area contributed by atoms with E-state index in [1.54, 1.807) is 18.4 Å². The molecule has 3 aromatic carbocycles. The number of ether oxygens (including phenoxy) is 3. The van der Waals surface area contributed by atoms with Crippen LogP contribution in [-0.2, 0) is 16.1 Å². The second kappa shape index (κ2) is 13.8. The zero-order valence-electron chi connectivity index (χ0n) is 24.1. The number of carbonyl (C=O) groups excluding carboxylic acids is 1. The second-order valence-corrected chi connectivity index (χ2v) is 13.3. The van der Waals surface area contributed by atoms with Crippen molar-refractivity contribution in [3.05, 3.63) is 121 Å². The molecule has 7 nitrogen and oxygen atoms in total. The Balaban J connectivity index is 1.58. The number of esters is 1. The highest BCUT2D eigenvalue weighted by Gasteiger charge is 2.33. The van der Waals surface area contributed by atoms with E-state index in [1.807, 2.05) is 80.6 Å². The van der Waals surface area contributed by atoms with E-state index in [1.165, 1.54) is 11.3 Å². The van der Waals surface area contributed by atoms with Gasteiger partial charge in [-0.05, 0) is 120 Å². The number of hydrogen-bond acceptors (Lipinski definition) is 7. The minimum atomic E-state index is -0.644. The van der Waals surface area contributed by atoms with Crippen molar-refractivity contribution in [2.75, 3.05) is 13.2 Å². The summed E-state index contributed by atoms with van der Waals surface area (Å²) in [5.41, 5.74) is 4.44. The molecule has 0 N–H and O–H groups in total. The molecule has 0 fully saturated rings. The molecule has 0 bridgehead atoms. The SMILES string of the molecule is CCOC(=O)C1=C(C)N=c2s/c(=C/c3cc(I)c(OCc4ccc(I)cc4)c(OCC)c3)c(=O)n2[C@H]1c1ccc(C)cc1. The fraction of sp³-hybridized carbons (Fsp3) is 0.242. The first-order valence-electron chi connectivity index (χ1n) is 13.8. The third-order valence-electron chi connectivity index (χ3n) is 6.84. The van der Waals surface area contributed by atoms with E-state index < -0.39 is 12.0 Å². The lowest BCUT2D eigenvalue weighted by Gasteiger charge is -2.24. The number of thiazole rings is 1. The van der Waals surface area contributed by atoms with E-state index in [2.05, 4.69) is 50.2 Å². The highest BCUT2D eigenvalue weighted by molar-refractivity contribution is 14.1. The molecule has 0 aliphatic carbocycles. The van der Waals surface area contributed by atoms with Crippen LogP contribution >= 0.6 is 56.5 Å². The molecule has 0 amide bonds. The highest BCUT2D eigenvalue weighted by atomic mass is 127. The molecular formula is C33H30I2N2O5S. The van der Waals surface area contributed by atoms with Crippen molar-refractivity contribution in [3.8, 4) is 11.5 Å². The van der Waals surface area contributed by atoms with Gasteiger partial charge in [0.25, 0.3) is 5.56 Å². The number of fused-ring (bicyclic) bond motifs is 1. The third kappa shape index (κ3) is 6.91. The Morgan fingerprint density at radius 3 is 2.40 bits per heavy atom. The number of rotatable bonds is 9. The molecule has 0 radical (unpaired) electrons. The summed E-state index contributed by atoms with van der Waals surface area (Å²) in [5, 5.41) is 0. The Morgan fingerprint density at radius 2 is 1.72 bits per heavy atom. The zero-order chi connectivity index (χ0) is 30.7. The summed E-state index contributed by atoms with van der Waals surface area (Å²) in [6.07, 6.45) is 1.84. The standard InChI is InChI=1S/C33H30I2N2O5S/c1-5-40-26-16-22(15-25(35)30(26)42-18-21-9-13-24(34)14-10-21)17-27-31(38)37-29(23-11-7-19(3)8-12-23)28(32(39)41-6-2)20(4)36-33(37)43-27/h7-17,29H,5-6,18H2,1-4H3/b27-17+/t29-/m0/s1. The molecule has 1 atom stereocenters. The highest BCUT2D eigenvalue weighted by Crippen LogP contribution is 2.35. The molecule has 4 aromatic rings. The lowest BCUT2D eigenvalue weighted by Crippen LogP contribution is -2.39. The van der Waals surface area contributed by atoms with Gasteiger partial charge in [0.15, 0.2) is 16.3 Å². The third-order valence-corrected chi connectivity index (χ3v) is 9.34. The number of nitrogens with zero attached hydrogens (tertiary/aromatic N) is 2. The zero-order valence-corrected chi connectivity index (χ0v) is 29.3. The topological polar surface area (TPSA) is 79.1 Å². The summed E-state index contributed by atoms with van der Waals surface area (Å²) >= 11 is 5.81. The maximum absolute atomic E-state index is 14.0. The molecule has 1 aromatic heterocycles. The number of halogens is 2. The minimum absolute atomic E-state index is 0.226. The largest absolute Gasteiger partial charge is 0.490 e. The summed E-state index contributed by atoms with van der Waals surface area (Å²) in [7, 11) is 0. The van der Waals surface area contributed by atoms with Crippen molar-refractivity contribution in [2.24, 2.45) is 4.99 Å². The van der Waals surface area contributed by atoms with Crippen molar-refractivity contribution in [1.82, 2.24) is 4.57 Å². The first-order valence-corrected chi connectivity index (χ1v) is 16.8. The van der Waals surface area contributed by atoms with Crippen LogP contribution in [0.5, 0.6) is 11.5 Å². The maximum Gasteiger partial charge on any atom is 0.338 e. The van der Waals surface area contributed by atoms with Gasteiger partial charge in [-0.1, -0.05) is 53.3 Å². The average molecular weight is 820 g/mol. The number of aromatic nitrogens is 1. The molecule has 0 saturated carbocycles. The molecule has 5 rings (SSSR count). The monoisotopic (exact) mass is 820 g/mol. The molecule has 0 unspecified atom stereocenters. The van der Waals surface area contributed by atoms with Crippen LogP contribution in [0.1, 0.15) is 49.1 Å². The summed E-state index contributed by atoms with van der Waals surface area (Å²) in [6.45, 7) is 8.58. The second-order valence-electron chi connectivity index (χ2n) is 9.89. The number of benzene rings is 3. The van der Waals surface area contributed by atoms with Gasteiger partial charge < -0.3 is 14.2 Å².